The summed E-state index contributed by atoms with van der Waals surface area (Å²) in [7, 11) is 0. The van der Waals surface area contributed by atoms with Crippen LogP contribution < -0.4 is 4.74 Å². The second-order valence-corrected chi connectivity index (χ2v) is 9.59. The van der Waals surface area contributed by atoms with Crippen molar-refractivity contribution in [2.24, 2.45) is 5.92 Å². The van der Waals surface area contributed by atoms with Crippen molar-refractivity contribution in [1.82, 2.24) is 0 Å². The fourth-order valence-electron chi connectivity index (χ4n) is 4.92. The van der Waals surface area contributed by atoms with Crippen LogP contribution in [0.3, 0.4) is 0 Å². The molecule has 0 bridgehead atoms. The molecule has 2 nitrogen and oxygen atoms in total. The van der Waals surface area contributed by atoms with Crippen LogP contribution in [0.5, 0.6) is 5.75 Å². The standard InChI is InChI=1S/C28H25ClF4O2/c1-16(18-5-3-2-4-6-18)11-17-7-9-19(10-8-17)20-12-22(30)26(23(31)13-20)28(34)35-21-14-24(32)27(29)25(33)15-21/h2-6,12-17,19H,7-11H2,1H3/t16-,17?,19?/m1/s1. The lowest BCUT2D eigenvalue weighted by atomic mass is 9.75. The zero-order valence-corrected chi connectivity index (χ0v) is 19.9. The predicted molar refractivity (Wildman–Crippen MR) is 127 cm³/mol. The fraction of sp³-hybridized carbons (Fsp3) is 0.321. The Hall–Kier alpha value is -2.86. The molecule has 3 aromatic rings. The maximum atomic E-state index is 14.8. The number of benzene rings is 3. The molecule has 0 saturated heterocycles. The minimum atomic E-state index is -1.38. The molecular weight excluding hydrogens is 480 g/mol. The molecule has 1 saturated carbocycles. The Morgan fingerprint density at radius 2 is 1.49 bits per heavy atom. The van der Waals surface area contributed by atoms with Crippen molar-refractivity contribution in [3.8, 4) is 5.75 Å². The van der Waals surface area contributed by atoms with E-state index in [4.69, 9.17) is 16.3 Å². The highest BCUT2D eigenvalue weighted by atomic mass is 35.5. The monoisotopic (exact) mass is 504 g/mol. The molecule has 0 unspecified atom stereocenters. The second-order valence-electron chi connectivity index (χ2n) is 9.22. The zero-order chi connectivity index (χ0) is 25.1. The third-order valence-electron chi connectivity index (χ3n) is 6.81. The van der Waals surface area contributed by atoms with E-state index in [-0.39, 0.29) is 5.92 Å². The average Bonchev–Trinajstić information content (AvgIpc) is 2.83. The van der Waals surface area contributed by atoms with E-state index in [1.807, 2.05) is 18.2 Å². The maximum Gasteiger partial charge on any atom is 0.349 e. The molecule has 0 amide bonds. The van der Waals surface area contributed by atoms with E-state index in [1.54, 1.807) is 0 Å². The summed E-state index contributed by atoms with van der Waals surface area (Å²) < 4.78 is 61.5. The van der Waals surface area contributed by atoms with E-state index in [1.165, 1.54) is 5.56 Å². The first-order valence-electron chi connectivity index (χ1n) is 11.6. The van der Waals surface area contributed by atoms with Crippen molar-refractivity contribution in [2.45, 2.75) is 50.9 Å². The SMILES string of the molecule is C[C@H](CC1CCC(c2cc(F)c(C(=O)Oc3cc(F)c(Cl)c(F)c3)c(F)c2)CC1)c1ccccc1. The second kappa shape index (κ2) is 10.8. The quantitative estimate of drug-likeness (QED) is 0.145. The van der Waals surface area contributed by atoms with Crippen LogP contribution in [0, 0.1) is 29.2 Å². The largest absolute Gasteiger partial charge is 0.423 e. The highest BCUT2D eigenvalue weighted by Gasteiger charge is 2.28. The molecule has 0 radical (unpaired) electrons. The highest BCUT2D eigenvalue weighted by molar-refractivity contribution is 6.30. The number of carbonyl (C=O) groups excluding carboxylic acids is 1. The van der Waals surface area contributed by atoms with E-state index in [0.717, 1.165) is 44.2 Å². The van der Waals surface area contributed by atoms with E-state index in [0.29, 0.717) is 29.5 Å². The Balaban J connectivity index is 1.40. The summed E-state index contributed by atoms with van der Waals surface area (Å²) in [5, 5.41) is -0.768. The van der Waals surface area contributed by atoms with Crippen LogP contribution in [0.1, 0.15) is 72.3 Å². The number of hydrogen-bond acceptors (Lipinski definition) is 2. The Morgan fingerprint density at radius 1 is 0.914 bits per heavy atom. The van der Waals surface area contributed by atoms with Crippen LogP contribution in [-0.2, 0) is 0 Å². The third-order valence-corrected chi connectivity index (χ3v) is 7.17. The number of halogens is 5. The normalized spacial score (nSPS) is 18.8. The Labute approximate surface area is 206 Å². The van der Waals surface area contributed by atoms with Gasteiger partial charge in [0.15, 0.2) is 0 Å². The third kappa shape index (κ3) is 5.87. The van der Waals surface area contributed by atoms with Gasteiger partial charge in [-0.25, -0.2) is 22.4 Å². The van der Waals surface area contributed by atoms with Gasteiger partial charge in [0.2, 0.25) is 0 Å². The number of ether oxygens (including phenoxy) is 1. The van der Waals surface area contributed by atoms with Crippen LogP contribution in [0.15, 0.2) is 54.6 Å². The van der Waals surface area contributed by atoms with Gasteiger partial charge in [0, 0.05) is 12.1 Å². The van der Waals surface area contributed by atoms with Gasteiger partial charge in [0.1, 0.15) is 39.6 Å². The van der Waals surface area contributed by atoms with Gasteiger partial charge in [-0.05, 0) is 73.1 Å². The fourth-order valence-corrected chi connectivity index (χ4v) is 5.03. The van der Waals surface area contributed by atoms with Crippen molar-refractivity contribution >= 4 is 17.6 Å². The number of hydrogen-bond donors (Lipinski definition) is 0. The Bertz CT molecular complexity index is 1160. The number of esters is 1. The smallest absolute Gasteiger partial charge is 0.349 e. The highest BCUT2D eigenvalue weighted by Crippen LogP contribution is 2.40. The summed E-state index contributed by atoms with van der Waals surface area (Å²) in [6.07, 6.45) is 4.59. The molecule has 0 heterocycles. The van der Waals surface area contributed by atoms with Gasteiger partial charge in [0.05, 0.1) is 0 Å². The van der Waals surface area contributed by atoms with Gasteiger partial charge >= 0.3 is 5.97 Å². The lowest BCUT2D eigenvalue weighted by molar-refractivity contribution is 0.0723. The van der Waals surface area contributed by atoms with Crippen LogP contribution in [0.4, 0.5) is 17.6 Å². The predicted octanol–water partition coefficient (Wildman–Crippen LogP) is 8.58. The van der Waals surface area contributed by atoms with Crippen molar-refractivity contribution in [3.63, 3.8) is 0 Å². The zero-order valence-electron chi connectivity index (χ0n) is 19.2. The molecule has 1 aliphatic rings. The average molecular weight is 505 g/mol. The molecule has 7 heteroatoms. The van der Waals surface area contributed by atoms with Crippen LogP contribution in [0.25, 0.3) is 0 Å². The maximum absolute atomic E-state index is 14.8. The molecule has 1 aliphatic carbocycles. The molecule has 3 aromatic carbocycles. The molecule has 0 spiro atoms. The summed E-state index contributed by atoms with van der Waals surface area (Å²) >= 11 is 5.40. The lowest BCUT2D eigenvalue weighted by Gasteiger charge is -2.30. The lowest BCUT2D eigenvalue weighted by Crippen LogP contribution is -2.17. The summed E-state index contributed by atoms with van der Waals surface area (Å²) in [4.78, 5) is 12.3. The van der Waals surface area contributed by atoms with Gasteiger partial charge in [-0.2, -0.15) is 0 Å². The van der Waals surface area contributed by atoms with Crippen LogP contribution in [0.2, 0.25) is 5.02 Å². The molecule has 1 atom stereocenters. The molecular formula is C28H25ClF4O2. The molecule has 35 heavy (non-hydrogen) atoms. The van der Waals surface area contributed by atoms with Gasteiger partial charge < -0.3 is 4.74 Å². The van der Waals surface area contributed by atoms with Gasteiger partial charge in [-0.1, -0.05) is 48.9 Å². The van der Waals surface area contributed by atoms with Crippen LogP contribution in [-0.4, -0.2) is 5.97 Å². The minimum absolute atomic E-state index is 0.00758. The summed E-state index contributed by atoms with van der Waals surface area (Å²) in [6.45, 7) is 2.22. The Kier molecular flexibility index (Phi) is 7.80. The molecule has 184 valence electrons. The van der Waals surface area contributed by atoms with Gasteiger partial charge in [0.25, 0.3) is 0 Å². The first kappa shape index (κ1) is 25.2. The molecule has 1 fully saturated rings. The molecule has 0 aromatic heterocycles. The Morgan fingerprint density at radius 3 is 2.06 bits per heavy atom. The molecule has 0 N–H and O–H groups in total. The van der Waals surface area contributed by atoms with E-state index in [9.17, 15) is 22.4 Å². The molecule has 4 rings (SSSR count). The van der Waals surface area contributed by atoms with Crippen LogP contribution >= 0.6 is 11.6 Å². The summed E-state index contributed by atoms with van der Waals surface area (Å²) in [6, 6.07) is 14.0. The van der Waals surface area contributed by atoms with E-state index >= 15 is 0 Å². The number of carbonyl (C=O) groups is 1. The molecule has 0 aliphatic heterocycles. The van der Waals surface area contributed by atoms with Crippen molar-refractivity contribution in [1.29, 1.82) is 0 Å². The van der Waals surface area contributed by atoms with Gasteiger partial charge in [-0.15, -0.1) is 0 Å². The number of rotatable bonds is 6. The first-order valence-corrected chi connectivity index (χ1v) is 12.0. The minimum Gasteiger partial charge on any atom is -0.423 e. The van der Waals surface area contributed by atoms with Gasteiger partial charge in [-0.3, -0.25) is 0 Å². The summed E-state index contributed by atoms with van der Waals surface area (Å²) in [5.41, 5.74) is 0.898. The first-order chi connectivity index (χ1) is 16.7. The topological polar surface area (TPSA) is 26.3 Å². The summed E-state index contributed by atoms with van der Waals surface area (Å²) in [5.74, 6) is -5.39. The van der Waals surface area contributed by atoms with Crippen molar-refractivity contribution in [2.75, 3.05) is 0 Å². The van der Waals surface area contributed by atoms with Crippen molar-refractivity contribution in [3.05, 3.63) is 99.6 Å². The van der Waals surface area contributed by atoms with Crippen molar-refractivity contribution < 1.29 is 27.1 Å². The van der Waals surface area contributed by atoms with E-state index in [2.05, 4.69) is 19.1 Å². The van der Waals surface area contributed by atoms with E-state index < -0.39 is 45.6 Å².